The lowest BCUT2D eigenvalue weighted by molar-refractivity contribution is -0.138. The van der Waals surface area contributed by atoms with Crippen LogP contribution >= 0.6 is 0 Å². The fourth-order valence-electron chi connectivity index (χ4n) is 1.49. The van der Waals surface area contributed by atoms with Crippen molar-refractivity contribution >= 4 is 18.0 Å². The van der Waals surface area contributed by atoms with Gasteiger partial charge in [0.15, 0.2) is 0 Å². The Morgan fingerprint density at radius 2 is 1.85 bits per heavy atom. The van der Waals surface area contributed by atoms with Crippen LogP contribution in [-0.4, -0.2) is 25.2 Å². The Morgan fingerprint density at radius 1 is 1.20 bits per heavy atom. The maximum atomic E-state index is 11.6. The molecule has 0 bridgehead atoms. The summed E-state index contributed by atoms with van der Waals surface area (Å²) in [5.41, 5.74) is 1.78. The van der Waals surface area contributed by atoms with Crippen molar-refractivity contribution < 1.29 is 19.1 Å². The van der Waals surface area contributed by atoms with Gasteiger partial charge in [0, 0.05) is 5.57 Å². The van der Waals surface area contributed by atoms with E-state index in [2.05, 4.69) is 6.58 Å². The van der Waals surface area contributed by atoms with E-state index in [0.717, 1.165) is 5.56 Å². The molecule has 0 amide bonds. The number of hydrogen-bond acceptors (Lipinski definition) is 4. The molecule has 0 saturated heterocycles. The Labute approximate surface area is 118 Å². The Balaban J connectivity index is 2.76. The SMILES string of the molecule is C=CCOC(=O)c1ccc(/C=C(\C)C(=O)OCC)cc1. The molecule has 1 aromatic rings. The lowest BCUT2D eigenvalue weighted by atomic mass is 10.1. The lowest BCUT2D eigenvalue weighted by Gasteiger charge is -2.03. The van der Waals surface area contributed by atoms with Crippen molar-refractivity contribution in [3.63, 3.8) is 0 Å². The molecule has 0 aliphatic heterocycles. The first kappa shape index (κ1) is 15.7. The van der Waals surface area contributed by atoms with Crippen molar-refractivity contribution in [3.05, 3.63) is 53.6 Å². The molecule has 0 saturated carbocycles. The molecule has 0 spiro atoms. The standard InChI is InChI=1S/C16H18O4/c1-4-10-20-16(18)14-8-6-13(7-9-14)11-12(3)15(17)19-5-2/h4,6-9,11H,1,5,10H2,2-3H3/b12-11+. The molecule has 4 heteroatoms. The third-order valence-electron chi connectivity index (χ3n) is 2.46. The van der Waals surface area contributed by atoms with E-state index in [4.69, 9.17) is 9.47 Å². The average Bonchev–Trinajstić information content (AvgIpc) is 2.45. The van der Waals surface area contributed by atoms with Gasteiger partial charge in [-0.15, -0.1) is 0 Å². The van der Waals surface area contributed by atoms with E-state index >= 15 is 0 Å². The molecule has 0 unspecified atom stereocenters. The summed E-state index contributed by atoms with van der Waals surface area (Å²) in [5, 5.41) is 0. The van der Waals surface area contributed by atoms with Crippen molar-refractivity contribution in [2.45, 2.75) is 13.8 Å². The van der Waals surface area contributed by atoms with Gasteiger partial charge in [-0.2, -0.15) is 0 Å². The van der Waals surface area contributed by atoms with E-state index in [-0.39, 0.29) is 12.6 Å². The number of carbonyl (C=O) groups excluding carboxylic acids is 2. The first-order valence-electron chi connectivity index (χ1n) is 6.32. The minimum absolute atomic E-state index is 0.183. The van der Waals surface area contributed by atoms with Crippen LogP contribution in [0, 0.1) is 0 Å². The topological polar surface area (TPSA) is 52.6 Å². The quantitative estimate of drug-likeness (QED) is 0.454. The summed E-state index contributed by atoms with van der Waals surface area (Å²) < 4.78 is 9.81. The molecule has 1 aromatic carbocycles. The van der Waals surface area contributed by atoms with Crippen LogP contribution in [0.1, 0.15) is 29.8 Å². The summed E-state index contributed by atoms with van der Waals surface area (Å²) in [7, 11) is 0. The number of benzene rings is 1. The highest BCUT2D eigenvalue weighted by molar-refractivity contribution is 5.93. The second-order valence-corrected chi connectivity index (χ2v) is 4.06. The van der Waals surface area contributed by atoms with Crippen LogP contribution in [0.2, 0.25) is 0 Å². The minimum Gasteiger partial charge on any atom is -0.463 e. The fraction of sp³-hybridized carbons (Fsp3) is 0.250. The highest BCUT2D eigenvalue weighted by Gasteiger charge is 2.07. The van der Waals surface area contributed by atoms with Gasteiger partial charge in [-0.25, -0.2) is 9.59 Å². The minimum atomic E-state index is -0.400. The molecule has 1 rings (SSSR count). The molecule has 0 aromatic heterocycles. The molecule has 0 heterocycles. The highest BCUT2D eigenvalue weighted by atomic mass is 16.5. The zero-order valence-corrected chi connectivity index (χ0v) is 11.7. The van der Waals surface area contributed by atoms with Crippen molar-refractivity contribution in [1.82, 2.24) is 0 Å². The van der Waals surface area contributed by atoms with Crippen molar-refractivity contribution in [1.29, 1.82) is 0 Å². The maximum Gasteiger partial charge on any atom is 0.338 e. The zero-order chi connectivity index (χ0) is 15.0. The molecule has 0 fully saturated rings. The van der Waals surface area contributed by atoms with Crippen LogP contribution in [0.15, 0.2) is 42.5 Å². The second kappa shape index (κ2) is 7.94. The van der Waals surface area contributed by atoms with Gasteiger partial charge in [0.2, 0.25) is 0 Å². The summed E-state index contributed by atoms with van der Waals surface area (Å²) >= 11 is 0. The van der Waals surface area contributed by atoms with Crippen LogP contribution < -0.4 is 0 Å². The number of esters is 2. The van der Waals surface area contributed by atoms with Crippen molar-refractivity contribution in [2.75, 3.05) is 13.2 Å². The van der Waals surface area contributed by atoms with Crippen molar-refractivity contribution in [3.8, 4) is 0 Å². The predicted octanol–water partition coefficient (Wildman–Crippen LogP) is 3.00. The highest BCUT2D eigenvalue weighted by Crippen LogP contribution is 2.11. The van der Waals surface area contributed by atoms with Crippen LogP contribution in [0.5, 0.6) is 0 Å². The Bertz CT molecular complexity index is 512. The van der Waals surface area contributed by atoms with Crippen LogP contribution in [0.25, 0.3) is 6.08 Å². The van der Waals surface area contributed by atoms with Gasteiger partial charge in [-0.05, 0) is 37.6 Å². The predicted molar refractivity (Wildman–Crippen MR) is 77.2 cm³/mol. The number of ether oxygens (including phenoxy) is 2. The molecule has 4 nitrogen and oxygen atoms in total. The van der Waals surface area contributed by atoms with E-state index in [9.17, 15) is 9.59 Å². The van der Waals surface area contributed by atoms with Crippen LogP contribution in [0.3, 0.4) is 0 Å². The van der Waals surface area contributed by atoms with Crippen LogP contribution in [0.4, 0.5) is 0 Å². The number of hydrogen-bond donors (Lipinski definition) is 0. The van der Waals surface area contributed by atoms with Gasteiger partial charge in [0.1, 0.15) is 6.61 Å². The third-order valence-corrected chi connectivity index (χ3v) is 2.46. The Hall–Kier alpha value is -2.36. The largest absolute Gasteiger partial charge is 0.463 e. The van der Waals surface area contributed by atoms with E-state index in [0.29, 0.717) is 17.7 Å². The molecular formula is C16H18O4. The molecule has 0 aliphatic carbocycles. The first-order chi connectivity index (χ1) is 9.58. The molecule has 0 N–H and O–H groups in total. The molecule has 0 radical (unpaired) electrons. The summed E-state index contributed by atoms with van der Waals surface area (Å²) in [6.07, 6.45) is 3.22. The van der Waals surface area contributed by atoms with Gasteiger partial charge in [-0.3, -0.25) is 0 Å². The second-order valence-electron chi connectivity index (χ2n) is 4.06. The molecule has 20 heavy (non-hydrogen) atoms. The van der Waals surface area contributed by atoms with Gasteiger partial charge < -0.3 is 9.47 Å². The normalized spacial score (nSPS) is 10.8. The summed E-state index contributed by atoms with van der Waals surface area (Å²) in [4.78, 5) is 23.0. The maximum absolute atomic E-state index is 11.6. The number of rotatable bonds is 6. The van der Waals surface area contributed by atoms with E-state index in [1.807, 2.05) is 0 Å². The summed E-state index contributed by atoms with van der Waals surface area (Å²) in [5.74, 6) is -0.746. The van der Waals surface area contributed by atoms with Gasteiger partial charge >= 0.3 is 11.9 Å². The Kier molecular flexibility index (Phi) is 6.23. The van der Waals surface area contributed by atoms with Gasteiger partial charge in [-0.1, -0.05) is 24.8 Å². The third kappa shape index (κ3) is 4.72. The van der Waals surface area contributed by atoms with Gasteiger partial charge in [0.05, 0.1) is 12.2 Å². The van der Waals surface area contributed by atoms with E-state index < -0.39 is 5.97 Å². The fourth-order valence-corrected chi connectivity index (χ4v) is 1.49. The lowest BCUT2D eigenvalue weighted by Crippen LogP contribution is -2.05. The van der Waals surface area contributed by atoms with E-state index in [1.165, 1.54) is 6.08 Å². The first-order valence-corrected chi connectivity index (χ1v) is 6.32. The molecule has 106 valence electrons. The van der Waals surface area contributed by atoms with E-state index in [1.54, 1.807) is 44.2 Å². The zero-order valence-electron chi connectivity index (χ0n) is 11.7. The van der Waals surface area contributed by atoms with Gasteiger partial charge in [0.25, 0.3) is 0 Å². The van der Waals surface area contributed by atoms with Crippen LogP contribution in [-0.2, 0) is 14.3 Å². The molecule has 0 atom stereocenters. The van der Waals surface area contributed by atoms with Crippen molar-refractivity contribution in [2.24, 2.45) is 0 Å². The number of carbonyl (C=O) groups is 2. The smallest absolute Gasteiger partial charge is 0.338 e. The average molecular weight is 274 g/mol. The monoisotopic (exact) mass is 274 g/mol. The summed E-state index contributed by atoms with van der Waals surface area (Å²) in [6, 6.07) is 6.78. The molecular weight excluding hydrogens is 256 g/mol. The Morgan fingerprint density at radius 3 is 2.40 bits per heavy atom. The summed E-state index contributed by atoms with van der Waals surface area (Å²) in [6.45, 7) is 7.45. The molecule has 0 aliphatic rings.